The van der Waals surface area contributed by atoms with Crippen molar-refractivity contribution in [3.05, 3.63) is 87.1 Å². The van der Waals surface area contributed by atoms with Crippen molar-refractivity contribution in [3.8, 4) is 22.6 Å². The van der Waals surface area contributed by atoms with E-state index in [0.717, 1.165) is 11.1 Å². The molecule has 3 aromatic carbocycles. The molecule has 1 heterocycles. The van der Waals surface area contributed by atoms with E-state index in [9.17, 15) is 9.59 Å². The highest BCUT2D eigenvalue weighted by Crippen LogP contribution is 2.35. The molecule has 0 aromatic heterocycles. The lowest BCUT2D eigenvalue weighted by molar-refractivity contribution is -0.134. The molecule has 0 amide bonds. The van der Waals surface area contributed by atoms with Gasteiger partial charge in [0.2, 0.25) is 5.90 Å². The van der Waals surface area contributed by atoms with E-state index >= 15 is 0 Å². The van der Waals surface area contributed by atoms with Gasteiger partial charge in [0.1, 0.15) is 0 Å². The van der Waals surface area contributed by atoms with Gasteiger partial charge in [0, 0.05) is 12.0 Å². The van der Waals surface area contributed by atoms with Crippen LogP contribution in [-0.4, -0.2) is 24.9 Å². The number of rotatable bonds is 6. The van der Waals surface area contributed by atoms with Crippen molar-refractivity contribution >= 4 is 46.5 Å². The number of hydrogen-bond acceptors (Lipinski definition) is 6. The Morgan fingerprint density at radius 1 is 1.03 bits per heavy atom. The predicted molar refractivity (Wildman–Crippen MR) is 134 cm³/mol. The zero-order valence-corrected chi connectivity index (χ0v) is 20.2. The standard InChI is InChI=1S/C26H20INO5/c1-3-23(29)32-24-20(27)13-16(15-22(24)31-2)14-21-26(30)33-25(28-21)19-11-9-18(10-12-19)17-7-5-4-6-8-17/h4-15H,3H2,1-2H3/b21-14-. The third-order valence-electron chi connectivity index (χ3n) is 4.92. The Kier molecular flexibility index (Phi) is 6.88. The van der Waals surface area contributed by atoms with E-state index in [1.54, 1.807) is 25.1 Å². The average molecular weight is 553 g/mol. The van der Waals surface area contributed by atoms with Gasteiger partial charge in [-0.15, -0.1) is 0 Å². The smallest absolute Gasteiger partial charge is 0.363 e. The number of halogens is 1. The topological polar surface area (TPSA) is 74.2 Å². The Bertz CT molecular complexity index is 1260. The first kappa shape index (κ1) is 22.7. The predicted octanol–water partition coefficient (Wildman–Crippen LogP) is 5.63. The number of carbonyl (C=O) groups is 2. The Labute approximate surface area is 205 Å². The first-order chi connectivity index (χ1) is 16.0. The molecular formula is C26H20INO5. The molecule has 0 spiro atoms. The average Bonchev–Trinajstić information content (AvgIpc) is 3.21. The summed E-state index contributed by atoms with van der Waals surface area (Å²) in [7, 11) is 1.49. The highest BCUT2D eigenvalue weighted by Gasteiger charge is 2.24. The summed E-state index contributed by atoms with van der Waals surface area (Å²) in [5.41, 5.74) is 3.72. The fourth-order valence-corrected chi connectivity index (χ4v) is 3.97. The molecule has 0 N–H and O–H groups in total. The van der Waals surface area contributed by atoms with Crippen LogP contribution in [0.15, 0.2) is 77.4 Å². The largest absolute Gasteiger partial charge is 0.493 e. The summed E-state index contributed by atoms with van der Waals surface area (Å²) in [6.45, 7) is 1.72. The first-order valence-corrected chi connectivity index (χ1v) is 11.3. The summed E-state index contributed by atoms with van der Waals surface area (Å²) in [5, 5.41) is 0. The van der Waals surface area contributed by atoms with Crippen LogP contribution >= 0.6 is 22.6 Å². The second-order valence-corrected chi connectivity index (χ2v) is 8.30. The lowest BCUT2D eigenvalue weighted by atomic mass is 10.0. The highest BCUT2D eigenvalue weighted by atomic mass is 127. The maximum atomic E-state index is 12.4. The van der Waals surface area contributed by atoms with Crippen LogP contribution in [0.2, 0.25) is 0 Å². The molecule has 3 aromatic rings. The number of esters is 2. The molecule has 33 heavy (non-hydrogen) atoms. The monoisotopic (exact) mass is 553 g/mol. The van der Waals surface area contributed by atoms with Gasteiger partial charge in [-0.3, -0.25) is 4.79 Å². The number of carbonyl (C=O) groups excluding carboxylic acids is 2. The summed E-state index contributed by atoms with van der Waals surface area (Å²) in [6.07, 6.45) is 1.87. The summed E-state index contributed by atoms with van der Waals surface area (Å²) >= 11 is 2.06. The Morgan fingerprint density at radius 2 is 1.70 bits per heavy atom. The molecule has 6 nitrogen and oxygen atoms in total. The molecule has 0 radical (unpaired) electrons. The van der Waals surface area contributed by atoms with E-state index in [0.29, 0.717) is 26.2 Å². The SMILES string of the molecule is CCC(=O)Oc1c(I)cc(/C=C2\N=C(c3ccc(-c4ccccc4)cc3)OC2=O)cc1OC. The van der Waals surface area contributed by atoms with E-state index in [4.69, 9.17) is 14.2 Å². The molecule has 7 heteroatoms. The first-order valence-electron chi connectivity index (χ1n) is 10.2. The zero-order chi connectivity index (χ0) is 23.4. The summed E-state index contributed by atoms with van der Waals surface area (Å²) in [5.74, 6) is 0.101. The quantitative estimate of drug-likeness (QED) is 0.171. The number of nitrogens with zero attached hydrogens (tertiary/aromatic N) is 1. The number of cyclic esters (lactones) is 1. The van der Waals surface area contributed by atoms with Crippen molar-refractivity contribution in [2.75, 3.05) is 7.11 Å². The van der Waals surface area contributed by atoms with Gasteiger partial charge in [0.25, 0.3) is 0 Å². The maximum absolute atomic E-state index is 12.4. The molecule has 0 saturated heterocycles. The van der Waals surface area contributed by atoms with Crippen LogP contribution in [0.3, 0.4) is 0 Å². The van der Waals surface area contributed by atoms with Gasteiger partial charge in [0.15, 0.2) is 17.2 Å². The summed E-state index contributed by atoms with van der Waals surface area (Å²) < 4.78 is 16.8. The lowest BCUT2D eigenvalue weighted by Gasteiger charge is -2.11. The zero-order valence-electron chi connectivity index (χ0n) is 18.0. The van der Waals surface area contributed by atoms with Crippen molar-refractivity contribution in [2.45, 2.75) is 13.3 Å². The number of methoxy groups -OCH3 is 1. The molecule has 0 unspecified atom stereocenters. The fourth-order valence-electron chi connectivity index (χ4n) is 3.23. The second-order valence-electron chi connectivity index (χ2n) is 7.14. The van der Waals surface area contributed by atoms with Gasteiger partial charge < -0.3 is 14.2 Å². The molecule has 0 bridgehead atoms. The highest BCUT2D eigenvalue weighted by molar-refractivity contribution is 14.1. The fraction of sp³-hybridized carbons (Fsp3) is 0.115. The van der Waals surface area contributed by atoms with Crippen LogP contribution in [0.4, 0.5) is 0 Å². The minimum absolute atomic E-state index is 0.174. The third-order valence-corrected chi connectivity index (χ3v) is 5.72. The molecular weight excluding hydrogens is 533 g/mol. The van der Waals surface area contributed by atoms with E-state index in [1.807, 2.05) is 54.6 Å². The Morgan fingerprint density at radius 3 is 2.36 bits per heavy atom. The van der Waals surface area contributed by atoms with Crippen molar-refractivity contribution in [1.82, 2.24) is 0 Å². The van der Waals surface area contributed by atoms with E-state index in [1.165, 1.54) is 7.11 Å². The van der Waals surface area contributed by atoms with E-state index in [-0.39, 0.29) is 24.0 Å². The van der Waals surface area contributed by atoms with Crippen LogP contribution in [0.5, 0.6) is 11.5 Å². The van der Waals surface area contributed by atoms with Crippen molar-refractivity contribution in [3.63, 3.8) is 0 Å². The van der Waals surface area contributed by atoms with Gasteiger partial charge in [-0.05, 0) is 69.6 Å². The molecule has 0 aliphatic carbocycles. The number of ether oxygens (including phenoxy) is 3. The van der Waals surface area contributed by atoms with Gasteiger partial charge in [-0.1, -0.05) is 49.4 Å². The van der Waals surface area contributed by atoms with Crippen LogP contribution in [0, 0.1) is 3.57 Å². The van der Waals surface area contributed by atoms with Crippen LogP contribution < -0.4 is 9.47 Å². The van der Waals surface area contributed by atoms with E-state index in [2.05, 4.69) is 27.6 Å². The summed E-state index contributed by atoms with van der Waals surface area (Å²) in [6, 6.07) is 21.2. The Hall–Kier alpha value is -3.46. The van der Waals surface area contributed by atoms with Crippen LogP contribution in [0.25, 0.3) is 17.2 Å². The molecule has 1 aliphatic rings. The second kappa shape index (κ2) is 9.99. The molecule has 0 atom stereocenters. The molecule has 166 valence electrons. The number of benzene rings is 3. The number of aliphatic imine (C=N–C) groups is 1. The molecule has 1 aliphatic heterocycles. The van der Waals surface area contributed by atoms with E-state index < -0.39 is 5.97 Å². The number of hydrogen-bond donors (Lipinski definition) is 0. The maximum Gasteiger partial charge on any atom is 0.363 e. The normalized spacial score (nSPS) is 14.1. The van der Waals surface area contributed by atoms with Crippen LogP contribution in [0.1, 0.15) is 24.5 Å². The van der Waals surface area contributed by atoms with Gasteiger partial charge in [-0.2, -0.15) is 0 Å². The Balaban J connectivity index is 1.60. The lowest BCUT2D eigenvalue weighted by Crippen LogP contribution is -2.08. The van der Waals surface area contributed by atoms with Gasteiger partial charge in [0.05, 0.1) is 10.7 Å². The van der Waals surface area contributed by atoms with Crippen molar-refractivity contribution in [2.24, 2.45) is 4.99 Å². The summed E-state index contributed by atoms with van der Waals surface area (Å²) in [4.78, 5) is 28.5. The van der Waals surface area contributed by atoms with Crippen LogP contribution in [-0.2, 0) is 14.3 Å². The van der Waals surface area contributed by atoms with Crippen molar-refractivity contribution in [1.29, 1.82) is 0 Å². The third kappa shape index (κ3) is 5.14. The van der Waals surface area contributed by atoms with Gasteiger partial charge in [-0.25, -0.2) is 9.79 Å². The minimum Gasteiger partial charge on any atom is -0.493 e. The van der Waals surface area contributed by atoms with Crippen molar-refractivity contribution < 1.29 is 23.8 Å². The van der Waals surface area contributed by atoms with Gasteiger partial charge >= 0.3 is 11.9 Å². The molecule has 4 rings (SSSR count). The molecule has 0 fully saturated rings. The molecule has 0 saturated carbocycles. The minimum atomic E-state index is -0.535.